The highest BCUT2D eigenvalue weighted by Gasteiger charge is 1.95. The molecule has 0 saturated carbocycles. The van der Waals surface area contributed by atoms with Gasteiger partial charge in [0.2, 0.25) is 0 Å². The van der Waals surface area contributed by atoms with Gasteiger partial charge in [0.05, 0.1) is 0 Å². The third-order valence-corrected chi connectivity index (χ3v) is 1.65. The minimum Gasteiger partial charge on any atom is -0.344 e. The van der Waals surface area contributed by atoms with Gasteiger partial charge < -0.3 is 12.3 Å². The molecule has 2 nitrogen and oxygen atoms in total. The molecule has 6 N–H and O–H groups in total. The van der Waals surface area contributed by atoms with E-state index in [-0.39, 0.29) is 37.1 Å². The van der Waals surface area contributed by atoms with Crippen molar-refractivity contribution in [3.63, 3.8) is 0 Å². The molecule has 12 heavy (non-hydrogen) atoms. The fourth-order valence-electron chi connectivity index (χ4n) is 0.577. The molecule has 0 radical (unpaired) electrons. The lowest BCUT2D eigenvalue weighted by molar-refractivity contribution is 0.756. The van der Waals surface area contributed by atoms with Crippen LogP contribution < -0.4 is 12.3 Å². The average Bonchev–Trinajstić information content (AvgIpc) is 1.64. The minimum atomic E-state index is 0. The molecule has 0 fully saturated rings. The largest absolute Gasteiger partial charge is 0.344 e. The molecule has 0 amide bonds. The summed E-state index contributed by atoms with van der Waals surface area (Å²) in [6.07, 6.45) is 0. The topological polar surface area (TPSA) is 70.0 Å². The molecule has 0 heterocycles. The fraction of sp³-hybridized carbons (Fsp3) is 0.750. The van der Waals surface area contributed by atoms with Crippen molar-refractivity contribution in [2.45, 2.75) is 34.6 Å². The molecule has 0 rings (SSSR count). The summed E-state index contributed by atoms with van der Waals surface area (Å²) in [7, 11) is 0. The zero-order valence-electron chi connectivity index (χ0n) is 8.81. The summed E-state index contributed by atoms with van der Waals surface area (Å²) in [4.78, 5) is 0. The Morgan fingerprint density at radius 1 is 0.833 bits per heavy atom. The molecular weight excluding hydrogens is 195 g/mol. The molecule has 0 aromatic carbocycles. The van der Waals surface area contributed by atoms with Crippen LogP contribution in [0, 0.1) is 5.92 Å². The van der Waals surface area contributed by atoms with E-state index in [1.54, 1.807) is 0 Å². The average molecular weight is 219 g/mol. The van der Waals surface area contributed by atoms with E-state index in [0.717, 1.165) is 5.92 Å². The molecule has 4 heteroatoms. The van der Waals surface area contributed by atoms with E-state index in [4.69, 9.17) is 0 Å². The van der Waals surface area contributed by atoms with Crippen LogP contribution in [-0.4, -0.2) is 0 Å². The van der Waals surface area contributed by atoms with E-state index in [9.17, 15) is 0 Å². The maximum absolute atomic E-state index is 2.22. The first-order chi connectivity index (χ1) is 3.55. The minimum absolute atomic E-state index is 0. The lowest BCUT2D eigenvalue weighted by atomic mass is 10.0. The van der Waals surface area contributed by atoms with Crippen molar-refractivity contribution in [3.8, 4) is 0 Å². The Labute approximate surface area is 89.2 Å². The smallest absolute Gasteiger partial charge is 0.0260 e. The summed E-state index contributed by atoms with van der Waals surface area (Å²) < 4.78 is 0. The maximum Gasteiger partial charge on any atom is -0.0260 e. The zero-order valence-corrected chi connectivity index (χ0v) is 10.4. The predicted molar refractivity (Wildman–Crippen MR) is 63.4 cm³/mol. The normalized spacial score (nSPS) is 6.50. The highest BCUT2D eigenvalue weighted by atomic mass is 35.5. The monoisotopic (exact) mass is 218 g/mol. The second kappa shape index (κ2) is 13.8. The molecule has 0 aromatic heterocycles. The van der Waals surface area contributed by atoms with Gasteiger partial charge in [0.15, 0.2) is 0 Å². The zero-order chi connectivity index (χ0) is 6.73. The lowest BCUT2D eigenvalue weighted by Gasteiger charge is -2.05. The molecular formula is C8H24Cl2N2. The number of hydrogen-bond donors (Lipinski definition) is 2. The van der Waals surface area contributed by atoms with Crippen LogP contribution in [0.2, 0.25) is 0 Å². The van der Waals surface area contributed by atoms with Crippen LogP contribution >= 0.6 is 24.8 Å². The van der Waals surface area contributed by atoms with Gasteiger partial charge in [-0.05, 0) is 26.7 Å². The highest BCUT2D eigenvalue weighted by Crippen LogP contribution is 2.11. The summed E-state index contributed by atoms with van der Waals surface area (Å²) in [5.41, 5.74) is 2.98. The standard InChI is InChI=1S/C8H16.2ClH.2H3N/c1-6(2)8(5)7(3)4;;;;/h6H,1-5H3;2*1H;2*1H3. The van der Waals surface area contributed by atoms with E-state index in [1.165, 1.54) is 11.1 Å². The van der Waals surface area contributed by atoms with Gasteiger partial charge in [-0.15, -0.1) is 24.8 Å². The first kappa shape index (κ1) is 29.5. The molecule has 0 unspecified atom stereocenters. The molecule has 0 saturated heterocycles. The summed E-state index contributed by atoms with van der Waals surface area (Å²) >= 11 is 0. The predicted octanol–water partition coefficient (Wildman–Crippen LogP) is 4.17. The van der Waals surface area contributed by atoms with Crippen molar-refractivity contribution in [3.05, 3.63) is 11.1 Å². The molecule has 80 valence electrons. The van der Waals surface area contributed by atoms with Crippen LogP contribution in [0.4, 0.5) is 0 Å². The van der Waals surface area contributed by atoms with Gasteiger partial charge in [-0.25, -0.2) is 0 Å². The molecule has 0 aliphatic carbocycles. The van der Waals surface area contributed by atoms with Crippen molar-refractivity contribution in [2.24, 2.45) is 5.92 Å². The van der Waals surface area contributed by atoms with Crippen LogP contribution in [0.15, 0.2) is 11.1 Å². The highest BCUT2D eigenvalue weighted by molar-refractivity contribution is 5.85. The summed E-state index contributed by atoms with van der Waals surface area (Å²) in [6.45, 7) is 11.0. The Balaban J connectivity index is -0.0000000408. The van der Waals surface area contributed by atoms with E-state index in [0.29, 0.717) is 0 Å². The van der Waals surface area contributed by atoms with Crippen LogP contribution in [0.1, 0.15) is 34.6 Å². The fourth-order valence-corrected chi connectivity index (χ4v) is 0.577. The summed E-state index contributed by atoms with van der Waals surface area (Å²) in [5.74, 6) is 0.722. The van der Waals surface area contributed by atoms with Crippen LogP contribution in [0.25, 0.3) is 0 Å². The molecule has 0 aliphatic heterocycles. The van der Waals surface area contributed by atoms with Gasteiger partial charge >= 0.3 is 0 Å². The van der Waals surface area contributed by atoms with E-state index >= 15 is 0 Å². The van der Waals surface area contributed by atoms with Gasteiger partial charge in [-0.1, -0.05) is 25.0 Å². The van der Waals surface area contributed by atoms with Crippen LogP contribution in [-0.2, 0) is 0 Å². The van der Waals surface area contributed by atoms with Crippen molar-refractivity contribution in [1.29, 1.82) is 0 Å². The van der Waals surface area contributed by atoms with E-state index in [2.05, 4.69) is 34.6 Å². The Morgan fingerprint density at radius 2 is 1.08 bits per heavy atom. The van der Waals surface area contributed by atoms with Crippen LogP contribution in [0.5, 0.6) is 0 Å². The quantitative estimate of drug-likeness (QED) is 0.650. The second-order valence-electron chi connectivity index (χ2n) is 2.84. The van der Waals surface area contributed by atoms with Gasteiger partial charge in [0.1, 0.15) is 0 Å². The number of halogens is 2. The molecule has 0 aliphatic rings. The first-order valence-electron chi connectivity index (χ1n) is 3.19. The van der Waals surface area contributed by atoms with Gasteiger partial charge in [-0.3, -0.25) is 0 Å². The molecule has 0 bridgehead atoms. The van der Waals surface area contributed by atoms with E-state index < -0.39 is 0 Å². The number of hydrogen-bond acceptors (Lipinski definition) is 2. The maximum atomic E-state index is 2.22. The first-order valence-corrected chi connectivity index (χ1v) is 3.19. The Bertz CT molecular complexity index is 108. The third kappa shape index (κ3) is 12.9. The number of rotatable bonds is 1. The van der Waals surface area contributed by atoms with Gasteiger partial charge in [-0.2, -0.15) is 0 Å². The Morgan fingerprint density at radius 3 is 1.08 bits per heavy atom. The SMILES string of the molecule is CC(C)=C(C)C(C)C.Cl.Cl.N.N. The Hall–Kier alpha value is 0.240. The van der Waals surface area contributed by atoms with Crippen LogP contribution in [0.3, 0.4) is 0 Å². The summed E-state index contributed by atoms with van der Waals surface area (Å²) in [5, 5.41) is 0. The molecule has 0 aromatic rings. The van der Waals surface area contributed by atoms with Gasteiger partial charge in [0, 0.05) is 0 Å². The Kier molecular flexibility index (Phi) is 33.9. The van der Waals surface area contributed by atoms with Crippen molar-refractivity contribution in [2.75, 3.05) is 0 Å². The lowest BCUT2D eigenvalue weighted by Crippen LogP contribution is -1.89. The molecule has 0 spiro atoms. The third-order valence-electron chi connectivity index (χ3n) is 1.65. The van der Waals surface area contributed by atoms with Crippen molar-refractivity contribution >= 4 is 24.8 Å². The molecule has 0 atom stereocenters. The van der Waals surface area contributed by atoms with E-state index in [1.807, 2.05) is 0 Å². The van der Waals surface area contributed by atoms with Crippen molar-refractivity contribution in [1.82, 2.24) is 12.3 Å². The number of allylic oxidation sites excluding steroid dienone is 2. The van der Waals surface area contributed by atoms with Gasteiger partial charge in [0.25, 0.3) is 0 Å². The summed E-state index contributed by atoms with van der Waals surface area (Å²) in [6, 6.07) is 0. The van der Waals surface area contributed by atoms with Crippen molar-refractivity contribution < 1.29 is 0 Å². The second-order valence-corrected chi connectivity index (χ2v) is 2.84.